The van der Waals surface area contributed by atoms with Crippen molar-refractivity contribution in [3.63, 3.8) is 0 Å². The lowest BCUT2D eigenvalue weighted by Gasteiger charge is -2.42. The molecule has 1 fully saturated rings. The minimum Gasteiger partial charge on any atom is -0.307 e. The van der Waals surface area contributed by atoms with Crippen molar-refractivity contribution in [2.24, 2.45) is 5.92 Å². The number of hydrogen-bond donors (Lipinski definition) is 1. The predicted molar refractivity (Wildman–Crippen MR) is 88.3 cm³/mol. The molecule has 0 bridgehead atoms. The van der Waals surface area contributed by atoms with Crippen LogP contribution in [0.4, 0.5) is 0 Å². The molecular weight excluding hydrogens is 278 g/mol. The number of rotatable bonds is 4. The molecule has 1 aliphatic heterocycles. The highest BCUT2D eigenvalue weighted by molar-refractivity contribution is 7.07. The average molecular weight is 301 g/mol. The second kappa shape index (κ2) is 6.69. The summed E-state index contributed by atoms with van der Waals surface area (Å²) >= 11 is 1.68. The van der Waals surface area contributed by atoms with Crippen molar-refractivity contribution in [1.29, 1.82) is 0 Å². The maximum absolute atomic E-state index is 4.46. The van der Waals surface area contributed by atoms with Gasteiger partial charge in [-0.25, -0.2) is 4.98 Å². The number of piperazine rings is 1. The molecule has 0 saturated carbocycles. The Bertz CT molecular complexity index is 538. The molecule has 21 heavy (non-hydrogen) atoms. The molecule has 1 aromatic heterocycles. The van der Waals surface area contributed by atoms with Gasteiger partial charge in [0.05, 0.1) is 11.2 Å². The Balaban J connectivity index is 1.75. The fourth-order valence-electron chi connectivity index (χ4n) is 3.10. The summed E-state index contributed by atoms with van der Waals surface area (Å²) in [6, 6.07) is 11.7. The van der Waals surface area contributed by atoms with E-state index in [1.807, 2.05) is 5.51 Å². The standard InChI is InChI=1S/C17H23N3S/c1-13(2)17-8-18-16(14-6-4-3-5-7-14)10-20(17)9-15-11-21-12-19-15/h3-7,11-13,16-18H,8-10H2,1-2H3. The molecule has 0 amide bonds. The number of nitrogens with one attached hydrogen (secondary N) is 1. The number of nitrogens with zero attached hydrogens (tertiary/aromatic N) is 2. The van der Waals surface area contributed by atoms with Gasteiger partial charge in [-0.05, 0) is 11.5 Å². The summed E-state index contributed by atoms with van der Waals surface area (Å²) in [4.78, 5) is 7.05. The monoisotopic (exact) mass is 301 g/mol. The minimum absolute atomic E-state index is 0.417. The summed E-state index contributed by atoms with van der Waals surface area (Å²) in [7, 11) is 0. The molecule has 2 unspecified atom stereocenters. The van der Waals surface area contributed by atoms with Crippen LogP contribution in [0.25, 0.3) is 0 Å². The van der Waals surface area contributed by atoms with Gasteiger partial charge in [-0.3, -0.25) is 4.90 Å². The van der Waals surface area contributed by atoms with Crippen molar-refractivity contribution >= 4 is 11.3 Å². The Labute approximate surface area is 131 Å². The van der Waals surface area contributed by atoms with Crippen LogP contribution in [0.3, 0.4) is 0 Å². The van der Waals surface area contributed by atoms with Crippen molar-refractivity contribution in [2.75, 3.05) is 13.1 Å². The first-order valence-electron chi connectivity index (χ1n) is 7.63. The SMILES string of the molecule is CC(C)C1CNC(c2ccccc2)CN1Cc1cscn1. The molecule has 0 spiro atoms. The van der Waals surface area contributed by atoms with Crippen LogP contribution >= 0.6 is 11.3 Å². The maximum atomic E-state index is 4.46. The highest BCUT2D eigenvalue weighted by atomic mass is 32.1. The first-order valence-corrected chi connectivity index (χ1v) is 8.58. The summed E-state index contributed by atoms with van der Waals surface area (Å²) < 4.78 is 0. The molecule has 2 atom stereocenters. The molecule has 1 N–H and O–H groups in total. The van der Waals surface area contributed by atoms with Gasteiger partial charge in [-0.15, -0.1) is 11.3 Å². The van der Waals surface area contributed by atoms with E-state index in [2.05, 4.69) is 64.8 Å². The molecule has 1 saturated heterocycles. The number of hydrogen-bond acceptors (Lipinski definition) is 4. The number of thiazole rings is 1. The molecule has 1 aromatic carbocycles. The van der Waals surface area contributed by atoms with Crippen LogP contribution in [0.1, 0.15) is 31.1 Å². The molecule has 0 aliphatic carbocycles. The van der Waals surface area contributed by atoms with Crippen molar-refractivity contribution in [3.05, 3.63) is 52.5 Å². The molecule has 4 heteroatoms. The molecule has 3 nitrogen and oxygen atoms in total. The van der Waals surface area contributed by atoms with E-state index in [1.54, 1.807) is 11.3 Å². The van der Waals surface area contributed by atoms with Crippen molar-refractivity contribution in [2.45, 2.75) is 32.5 Å². The first kappa shape index (κ1) is 14.7. The summed E-state index contributed by atoms with van der Waals surface area (Å²) in [6.07, 6.45) is 0. The Morgan fingerprint density at radius 2 is 2.14 bits per heavy atom. The zero-order valence-electron chi connectivity index (χ0n) is 12.7. The third-order valence-corrected chi connectivity index (χ3v) is 4.91. The zero-order valence-corrected chi connectivity index (χ0v) is 13.5. The lowest BCUT2D eigenvalue weighted by atomic mass is 9.95. The number of benzene rings is 1. The van der Waals surface area contributed by atoms with E-state index in [9.17, 15) is 0 Å². The van der Waals surface area contributed by atoms with Crippen molar-refractivity contribution < 1.29 is 0 Å². The Morgan fingerprint density at radius 3 is 2.81 bits per heavy atom. The lowest BCUT2D eigenvalue weighted by molar-refractivity contribution is 0.0900. The Kier molecular flexibility index (Phi) is 4.68. The topological polar surface area (TPSA) is 28.2 Å². The molecule has 0 radical (unpaired) electrons. The van der Waals surface area contributed by atoms with Gasteiger partial charge in [0.1, 0.15) is 0 Å². The van der Waals surface area contributed by atoms with E-state index in [4.69, 9.17) is 0 Å². The fourth-order valence-corrected chi connectivity index (χ4v) is 3.65. The van der Waals surface area contributed by atoms with Gasteiger partial charge in [0, 0.05) is 37.1 Å². The molecule has 1 aliphatic rings. The van der Waals surface area contributed by atoms with E-state index in [0.29, 0.717) is 18.0 Å². The summed E-state index contributed by atoms with van der Waals surface area (Å²) in [6.45, 7) is 7.66. The zero-order chi connectivity index (χ0) is 14.7. The van der Waals surface area contributed by atoms with E-state index in [0.717, 1.165) is 19.6 Å². The molecule has 2 aromatic rings. The van der Waals surface area contributed by atoms with Crippen LogP contribution in [0.2, 0.25) is 0 Å². The van der Waals surface area contributed by atoms with E-state index < -0.39 is 0 Å². The Hall–Kier alpha value is -1.23. The predicted octanol–water partition coefficient (Wildman–Crippen LogP) is 3.31. The normalized spacial score (nSPS) is 23.6. The Morgan fingerprint density at radius 1 is 1.33 bits per heavy atom. The molecule has 3 rings (SSSR count). The van der Waals surface area contributed by atoms with Crippen LogP contribution in [0.15, 0.2) is 41.2 Å². The van der Waals surface area contributed by atoms with Crippen LogP contribution < -0.4 is 5.32 Å². The molecule has 112 valence electrons. The minimum atomic E-state index is 0.417. The van der Waals surface area contributed by atoms with E-state index in [1.165, 1.54) is 11.3 Å². The van der Waals surface area contributed by atoms with Crippen LogP contribution in [-0.2, 0) is 6.54 Å². The van der Waals surface area contributed by atoms with Gasteiger partial charge in [-0.2, -0.15) is 0 Å². The number of aromatic nitrogens is 1. The van der Waals surface area contributed by atoms with Gasteiger partial charge < -0.3 is 5.32 Å². The van der Waals surface area contributed by atoms with Crippen LogP contribution in [0.5, 0.6) is 0 Å². The summed E-state index contributed by atoms with van der Waals surface area (Å²) in [5.74, 6) is 0.646. The third kappa shape index (κ3) is 3.51. The lowest BCUT2D eigenvalue weighted by Crippen LogP contribution is -2.54. The quantitative estimate of drug-likeness (QED) is 0.939. The fraction of sp³-hybridized carbons (Fsp3) is 0.471. The first-order chi connectivity index (χ1) is 10.2. The summed E-state index contributed by atoms with van der Waals surface area (Å²) in [5.41, 5.74) is 4.50. The third-order valence-electron chi connectivity index (χ3n) is 4.28. The summed E-state index contributed by atoms with van der Waals surface area (Å²) in [5, 5.41) is 5.88. The highest BCUT2D eigenvalue weighted by Crippen LogP contribution is 2.24. The van der Waals surface area contributed by atoms with Crippen molar-refractivity contribution in [1.82, 2.24) is 15.2 Å². The second-order valence-electron chi connectivity index (χ2n) is 6.09. The molecule has 2 heterocycles. The van der Waals surface area contributed by atoms with E-state index in [-0.39, 0.29) is 0 Å². The van der Waals surface area contributed by atoms with Crippen molar-refractivity contribution in [3.8, 4) is 0 Å². The van der Waals surface area contributed by atoms with Gasteiger partial charge >= 0.3 is 0 Å². The van der Waals surface area contributed by atoms with E-state index >= 15 is 0 Å². The van der Waals surface area contributed by atoms with Crippen LogP contribution in [-0.4, -0.2) is 29.0 Å². The second-order valence-corrected chi connectivity index (χ2v) is 6.81. The largest absolute Gasteiger partial charge is 0.307 e. The van der Waals surface area contributed by atoms with Gasteiger partial charge in [0.25, 0.3) is 0 Å². The van der Waals surface area contributed by atoms with Gasteiger partial charge in [0.15, 0.2) is 0 Å². The van der Waals surface area contributed by atoms with Gasteiger partial charge in [-0.1, -0.05) is 44.2 Å². The van der Waals surface area contributed by atoms with Crippen LogP contribution in [0, 0.1) is 5.92 Å². The average Bonchev–Trinajstić information content (AvgIpc) is 3.01. The molecular formula is C17H23N3S. The maximum Gasteiger partial charge on any atom is 0.0795 e. The van der Waals surface area contributed by atoms with Gasteiger partial charge in [0.2, 0.25) is 0 Å². The highest BCUT2D eigenvalue weighted by Gasteiger charge is 2.30. The smallest absolute Gasteiger partial charge is 0.0795 e.